The fourth-order valence-electron chi connectivity index (χ4n) is 4.48. The van der Waals surface area contributed by atoms with E-state index in [1.807, 2.05) is 26.8 Å². The van der Waals surface area contributed by atoms with E-state index < -0.39 is 18.4 Å². The second kappa shape index (κ2) is 5.35. The zero-order valence-electron chi connectivity index (χ0n) is 15.1. The van der Waals surface area contributed by atoms with Crippen LogP contribution in [0.4, 0.5) is 15.0 Å². The van der Waals surface area contributed by atoms with Gasteiger partial charge in [-0.3, -0.25) is 0 Å². The Bertz CT molecular complexity index is 679. The molecule has 0 saturated heterocycles. The fraction of sp³-hybridized carbons (Fsp3) is 0.778. The van der Waals surface area contributed by atoms with Crippen LogP contribution in [0.1, 0.15) is 64.5 Å². The molecule has 4 aliphatic rings. The van der Waals surface area contributed by atoms with Gasteiger partial charge in [-0.1, -0.05) is 0 Å². The Morgan fingerprint density at radius 3 is 2.60 bits per heavy atom. The maximum atomic E-state index is 14.4. The summed E-state index contributed by atoms with van der Waals surface area (Å²) in [5, 5.41) is 7.49. The molecule has 7 heteroatoms. The van der Waals surface area contributed by atoms with Gasteiger partial charge in [-0.15, -0.1) is 0 Å². The smallest absolute Gasteiger partial charge is 0.407 e. The first-order chi connectivity index (χ1) is 11.7. The van der Waals surface area contributed by atoms with E-state index in [4.69, 9.17) is 10.5 Å². The van der Waals surface area contributed by atoms with E-state index >= 15 is 0 Å². The van der Waals surface area contributed by atoms with Crippen LogP contribution in [0.5, 0.6) is 0 Å². The minimum absolute atomic E-state index is 0.0501. The predicted octanol–water partition coefficient (Wildman–Crippen LogP) is 3.08. The van der Waals surface area contributed by atoms with E-state index in [-0.39, 0.29) is 17.0 Å². The van der Waals surface area contributed by atoms with Crippen molar-refractivity contribution >= 4 is 11.9 Å². The number of hydrogen-bond acceptors (Lipinski definition) is 4. The molecule has 0 aliphatic heterocycles. The molecule has 0 spiro atoms. The summed E-state index contributed by atoms with van der Waals surface area (Å²) < 4.78 is 21.5. The highest BCUT2D eigenvalue weighted by Gasteiger charge is 2.58. The summed E-state index contributed by atoms with van der Waals surface area (Å²) in [4.78, 5) is 12.1. The Labute approximate surface area is 147 Å². The molecular formula is C18H27FN4O2. The highest BCUT2D eigenvalue weighted by molar-refractivity contribution is 5.69. The van der Waals surface area contributed by atoms with Gasteiger partial charge in [-0.2, -0.15) is 5.10 Å². The molecule has 1 amide bonds. The lowest BCUT2D eigenvalue weighted by atomic mass is 9.50. The molecule has 25 heavy (non-hydrogen) atoms. The minimum atomic E-state index is -1.16. The van der Waals surface area contributed by atoms with Crippen LogP contribution in [0.25, 0.3) is 0 Å². The summed E-state index contributed by atoms with van der Waals surface area (Å²) in [5.74, 6) is 1.27. The van der Waals surface area contributed by atoms with Crippen molar-refractivity contribution in [2.75, 3.05) is 5.73 Å². The van der Waals surface area contributed by atoms with E-state index in [0.29, 0.717) is 18.7 Å². The maximum absolute atomic E-state index is 14.4. The van der Waals surface area contributed by atoms with Gasteiger partial charge in [-0.25, -0.2) is 13.9 Å². The third-order valence-corrected chi connectivity index (χ3v) is 5.90. The first-order valence-electron chi connectivity index (χ1n) is 9.14. The van der Waals surface area contributed by atoms with Gasteiger partial charge in [0.15, 0.2) is 0 Å². The Balaban J connectivity index is 1.38. The van der Waals surface area contributed by atoms with Crippen LogP contribution in [-0.2, 0) is 10.3 Å². The number of amides is 1. The molecule has 4 saturated carbocycles. The molecule has 0 radical (unpaired) electrons. The van der Waals surface area contributed by atoms with E-state index in [2.05, 4.69) is 10.4 Å². The lowest BCUT2D eigenvalue weighted by Crippen LogP contribution is -2.68. The standard InChI is InChI=1S/C18H27FN4O2/c1-17(2,3)23-15(20)6-13(22-23)11-4-12(19)14(5-11)25-16(24)21-18-7-10(8-18)9-18/h6,10-12,14H,4-5,7-9,20H2,1-3H3,(H,21,24). The molecule has 4 fully saturated rings. The zero-order valence-corrected chi connectivity index (χ0v) is 15.1. The summed E-state index contributed by atoms with van der Waals surface area (Å²) >= 11 is 0. The molecular weight excluding hydrogens is 323 g/mol. The van der Waals surface area contributed by atoms with Crippen molar-refractivity contribution in [3.05, 3.63) is 11.8 Å². The number of carbonyl (C=O) groups is 1. The third-order valence-electron chi connectivity index (χ3n) is 5.90. The van der Waals surface area contributed by atoms with Crippen LogP contribution in [0.15, 0.2) is 6.07 Å². The van der Waals surface area contributed by atoms with Gasteiger partial charge in [0.25, 0.3) is 0 Å². The highest BCUT2D eigenvalue weighted by atomic mass is 19.1. The topological polar surface area (TPSA) is 82.2 Å². The van der Waals surface area contributed by atoms with Gasteiger partial charge in [-0.05, 0) is 58.8 Å². The normalized spacial score (nSPS) is 36.5. The molecule has 4 aliphatic carbocycles. The van der Waals surface area contributed by atoms with Crippen molar-refractivity contribution < 1.29 is 13.9 Å². The van der Waals surface area contributed by atoms with Crippen LogP contribution in [0.2, 0.25) is 0 Å². The number of nitrogens with one attached hydrogen (secondary N) is 1. The number of nitrogen functional groups attached to an aromatic ring is 1. The number of nitrogens with zero attached hydrogens (tertiary/aromatic N) is 2. The minimum Gasteiger partial charge on any atom is -0.443 e. The van der Waals surface area contributed by atoms with E-state index in [0.717, 1.165) is 30.9 Å². The number of halogens is 1. The number of nitrogens with two attached hydrogens (primary N) is 1. The quantitative estimate of drug-likeness (QED) is 0.878. The van der Waals surface area contributed by atoms with E-state index in [9.17, 15) is 9.18 Å². The molecule has 2 bridgehead atoms. The average Bonchev–Trinajstić information content (AvgIpc) is 2.96. The van der Waals surface area contributed by atoms with E-state index in [1.165, 1.54) is 0 Å². The largest absolute Gasteiger partial charge is 0.443 e. The molecule has 1 aromatic rings. The van der Waals surface area contributed by atoms with E-state index in [1.54, 1.807) is 4.68 Å². The number of aromatic nitrogens is 2. The number of carbonyl (C=O) groups excluding carboxylic acids is 1. The summed E-state index contributed by atoms with van der Waals surface area (Å²) in [6.07, 6.45) is 1.53. The number of alkyl carbamates (subject to hydrolysis) is 1. The van der Waals surface area contributed by atoms with Crippen LogP contribution < -0.4 is 11.1 Å². The van der Waals surface area contributed by atoms with Crippen molar-refractivity contribution in [1.82, 2.24) is 15.1 Å². The monoisotopic (exact) mass is 350 g/mol. The Morgan fingerprint density at radius 1 is 1.40 bits per heavy atom. The molecule has 3 atom stereocenters. The van der Waals surface area contributed by atoms with Crippen molar-refractivity contribution in [2.45, 2.75) is 82.1 Å². The van der Waals surface area contributed by atoms with Crippen molar-refractivity contribution in [1.29, 1.82) is 0 Å². The number of rotatable bonds is 3. The van der Waals surface area contributed by atoms with Gasteiger partial charge in [0.2, 0.25) is 0 Å². The first-order valence-corrected chi connectivity index (χ1v) is 9.14. The Hall–Kier alpha value is -1.79. The number of anilines is 1. The number of hydrogen-bond donors (Lipinski definition) is 2. The zero-order chi connectivity index (χ0) is 18.0. The molecule has 6 nitrogen and oxygen atoms in total. The molecule has 5 rings (SSSR count). The van der Waals surface area contributed by atoms with Gasteiger partial charge >= 0.3 is 6.09 Å². The van der Waals surface area contributed by atoms with Gasteiger partial charge in [0, 0.05) is 17.5 Å². The summed E-state index contributed by atoms with van der Waals surface area (Å²) in [5.41, 5.74) is 6.55. The number of ether oxygens (including phenoxy) is 1. The second-order valence-corrected chi connectivity index (χ2v) is 9.09. The summed E-state index contributed by atoms with van der Waals surface area (Å²) in [6.45, 7) is 6.07. The number of alkyl halides is 1. The lowest BCUT2D eigenvalue weighted by Gasteiger charge is -2.61. The fourth-order valence-corrected chi connectivity index (χ4v) is 4.48. The van der Waals surface area contributed by atoms with Crippen LogP contribution >= 0.6 is 0 Å². The molecule has 3 N–H and O–H groups in total. The lowest BCUT2D eigenvalue weighted by molar-refractivity contribution is -0.0530. The SMILES string of the molecule is CC(C)(C)n1nc(C2CC(F)C(OC(=O)NC34CC(C3)C4)C2)cc1N. The maximum Gasteiger partial charge on any atom is 0.407 e. The molecule has 0 aromatic carbocycles. The summed E-state index contributed by atoms with van der Waals surface area (Å²) in [7, 11) is 0. The Morgan fingerprint density at radius 2 is 2.08 bits per heavy atom. The van der Waals surface area contributed by atoms with Crippen LogP contribution in [0, 0.1) is 5.92 Å². The average molecular weight is 350 g/mol. The van der Waals surface area contributed by atoms with Gasteiger partial charge in [0.05, 0.1) is 11.2 Å². The Kier molecular flexibility index (Phi) is 3.57. The molecule has 138 valence electrons. The second-order valence-electron chi connectivity index (χ2n) is 9.09. The van der Waals surface area contributed by atoms with Gasteiger partial charge < -0.3 is 15.8 Å². The molecule has 3 unspecified atom stereocenters. The summed E-state index contributed by atoms with van der Waals surface area (Å²) in [6, 6.07) is 1.81. The van der Waals surface area contributed by atoms with Crippen LogP contribution in [0.3, 0.4) is 0 Å². The van der Waals surface area contributed by atoms with Crippen molar-refractivity contribution in [3.8, 4) is 0 Å². The van der Waals surface area contributed by atoms with Gasteiger partial charge in [0.1, 0.15) is 18.1 Å². The van der Waals surface area contributed by atoms with Crippen molar-refractivity contribution in [2.24, 2.45) is 5.92 Å². The predicted molar refractivity (Wildman–Crippen MR) is 92.0 cm³/mol. The molecule has 1 heterocycles. The molecule has 1 aromatic heterocycles. The highest BCUT2D eigenvalue weighted by Crippen LogP contribution is 2.57. The third kappa shape index (κ3) is 2.87. The van der Waals surface area contributed by atoms with Crippen molar-refractivity contribution in [3.63, 3.8) is 0 Å². The first kappa shape index (κ1) is 16.7. The van der Waals surface area contributed by atoms with Crippen LogP contribution in [-0.4, -0.2) is 33.7 Å².